The maximum Gasteiger partial charge on any atom is 0.0682 e. The van der Waals surface area contributed by atoms with Crippen LogP contribution < -0.4 is 0 Å². The summed E-state index contributed by atoms with van der Waals surface area (Å²) in [6, 6.07) is 6.11. The van der Waals surface area contributed by atoms with Crippen molar-refractivity contribution < 1.29 is 15.3 Å². The minimum Gasteiger partial charge on any atom is -0.392 e. The second kappa shape index (κ2) is 8.91. The Kier molecular flexibility index (Phi) is 6.92. The van der Waals surface area contributed by atoms with Gasteiger partial charge in [0.2, 0.25) is 0 Å². The fourth-order valence-electron chi connectivity index (χ4n) is 6.24. The van der Waals surface area contributed by atoms with Crippen LogP contribution >= 0.6 is 0 Å². The van der Waals surface area contributed by atoms with Crippen LogP contribution in [0.3, 0.4) is 0 Å². The molecule has 0 saturated heterocycles. The van der Waals surface area contributed by atoms with E-state index in [1.165, 1.54) is 36.8 Å². The molecule has 2 aliphatic rings. The quantitative estimate of drug-likeness (QED) is 0.543. The molecule has 0 bridgehead atoms. The molecule has 1 fully saturated rings. The van der Waals surface area contributed by atoms with Crippen molar-refractivity contribution in [2.45, 2.75) is 91.5 Å². The molecule has 3 nitrogen and oxygen atoms in total. The molecule has 0 aromatic heterocycles. The molecule has 1 saturated carbocycles. The molecule has 1 aromatic rings. The highest BCUT2D eigenvalue weighted by Crippen LogP contribution is 2.60. The number of benzene rings is 1. The van der Waals surface area contributed by atoms with Crippen LogP contribution in [0.5, 0.6) is 0 Å². The number of aliphatic hydroxyl groups excluding tert-OH is 2. The Hall–Kier alpha value is -1.16. The highest BCUT2D eigenvalue weighted by molar-refractivity contribution is 5.70. The molecular weight excluding hydrogens is 360 g/mol. The van der Waals surface area contributed by atoms with Crippen LogP contribution in [0.15, 0.2) is 24.3 Å². The van der Waals surface area contributed by atoms with Crippen molar-refractivity contribution in [3.63, 3.8) is 0 Å². The third-order valence-electron chi connectivity index (χ3n) is 7.72. The van der Waals surface area contributed by atoms with Crippen molar-refractivity contribution in [2.24, 2.45) is 23.2 Å². The molecule has 0 radical (unpaired) electrons. The summed E-state index contributed by atoms with van der Waals surface area (Å²) < 4.78 is 0. The van der Waals surface area contributed by atoms with Crippen molar-refractivity contribution in [1.82, 2.24) is 0 Å². The summed E-state index contributed by atoms with van der Waals surface area (Å²) in [5.74, 6) is 1.94. The van der Waals surface area contributed by atoms with Gasteiger partial charge in [0, 0.05) is 0 Å². The Morgan fingerprint density at radius 3 is 2.34 bits per heavy atom. The second-order valence-corrected chi connectivity index (χ2v) is 10.5. The van der Waals surface area contributed by atoms with E-state index in [0.717, 1.165) is 36.3 Å². The van der Waals surface area contributed by atoms with Gasteiger partial charge in [-0.15, -0.1) is 0 Å². The SMILES string of the molecule is C[C@H](CCCC(C)(C)O)C1CC[C@H]2C(c3cc(CO)cc(CO)c3)=CCC[C@]12C. The Morgan fingerprint density at radius 2 is 1.76 bits per heavy atom. The number of rotatable bonds is 8. The highest BCUT2D eigenvalue weighted by Gasteiger charge is 2.50. The highest BCUT2D eigenvalue weighted by atomic mass is 16.3. The molecule has 1 aromatic carbocycles. The predicted octanol–water partition coefficient (Wildman–Crippen LogP) is 5.46. The molecule has 3 heteroatoms. The Morgan fingerprint density at radius 1 is 1.10 bits per heavy atom. The van der Waals surface area contributed by atoms with Gasteiger partial charge in [-0.2, -0.15) is 0 Å². The summed E-state index contributed by atoms with van der Waals surface area (Å²) in [5.41, 5.74) is 4.13. The molecule has 3 N–H and O–H groups in total. The van der Waals surface area contributed by atoms with Crippen molar-refractivity contribution in [3.05, 3.63) is 41.0 Å². The summed E-state index contributed by atoms with van der Waals surface area (Å²) in [4.78, 5) is 0. The van der Waals surface area contributed by atoms with Crippen LogP contribution in [0.2, 0.25) is 0 Å². The Balaban J connectivity index is 1.79. The van der Waals surface area contributed by atoms with Gasteiger partial charge >= 0.3 is 0 Å². The van der Waals surface area contributed by atoms with Gasteiger partial charge in [-0.1, -0.05) is 38.8 Å². The van der Waals surface area contributed by atoms with Gasteiger partial charge in [-0.25, -0.2) is 0 Å². The van der Waals surface area contributed by atoms with E-state index >= 15 is 0 Å². The third-order valence-corrected chi connectivity index (χ3v) is 7.72. The molecule has 29 heavy (non-hydrogen) atoms. The van der Waals surface area contributed by atoms with E-state index in [9.17, 15) is 15.3 Å². The van der Waals surface area contributed by atoms with Crippen LogP contribution in [0.1, 0.15) is 89.3 Å². The van der Waals surface area contributed by atoms with E-state index in [4.69, 9.17) is 0 Å². The van der Waals surface area contributed by atoms with Crippen molar-refractivity contribution >= 4 is 5.57 Å². The van der Waals surface area contributed by atoms with Gasteiger partial charge < -0.3 is 15.3 Å². The van der Waals surface area contributed by atoms with Gasteiger partial charge in [-0.05, 0) is 104 Å². The monoisotopic (exact) mass is 400 g/mol. The molecule has 1 unspecified atom stereocenters. The summed E-state index contributed by atoms with van der Waals surface area (Å²) in [5, 5.41) is 29.3. The maximum absolute atomic E-state index is 10.0. The van der Waals surface area contributed by atoms with E-state index in [1.54, 1.807) is 0 Å². The maximum atomic E-state index is 10.0. The molecule has 0 aliphatic heterocycles. The smallest absolute Gasteiger partial charge is 0.0682 e. The first kappa shape index (κ1) is 22.5. The van der Waals surface area contributed by atoms with Crippen LogP contribution in [0.4, 0.5) is 0 Å². The zero-order valence-corrected chi connectivity index (χ0v) is 18.7. The average Bonchev–Trinajstić information content (AvgIpc) is 3.03. The normalized spacial score (nSPS) is 28.2. The number of allylic oxidation sites excluding steroid dienone is 2. The number of hydrogen-bond acceptors (Lipinski definition) is 3. The standard InChI is InChI=1S/C26H40O3/c1-18(7-5-11-25(2,3)29)23-9-10-24-22(8-6-12-26(23,24)4)21-14-19(16-27)13-20(15-21)17-28/h8,13-15,18,23-24,27-29H,5-7,9-12,16-17H2,1-4H3/t18-,23?,24+,26-/m1/s1. The zero-order valence-electron chi connectivity index (χ0n) is 18.7. The van der Waals surface area contributed by atoms with Crippen molar-refractivity contribution in [1.29, 1.82) is 0 Å². The van der Waals surface area contributed by atoms with Crippen molar-refractivity contribution in [2.75, 3.05) is 0 Å². The molecule has 0 amide bonds. The second-order valence-electron chi connectivity index (χ2n) is 10.5. The number of hydrogen-bond donors (Lipinski definition) is 3. The first-order valence-corrected chi connectivity index (χ1v) is 11.5. The van der Waals surface area contributed by atoms with Gasteiger partial charge in [0.15, 0.2) is 0 Å². The topological polar surface area (TPSA) is 60.7 Å². The first-order valence-electron chi connectivity index (χ1n) is 11.5. The van der Waals surface area contributed by atoms with E-state index in [0.29, 0.717) is 17.3 Å². The van der Waals surface area contributed by atoms with Crippen LogP contribution in [0.25, 0.3) is 5.57 Å². The van der Waals surface area contributed by atoms with E-state index < -0.39 is 5.60 Å². The molecule has 2 aliphatic carbocycles. The van der Waals surface area contributed by atoms with Crippen LogP contribution in [-0.4, -0.2) is 20.9 Å². The predicted molar refractivity (Wildman–Crippen MR) is 119 cm³/mol. The van der Waals surface area contributed by atoms with Crippen LogP contribution in [0, 0.1) is 23.2 Å². The van der Waals surface area contributed by atoms with Gasteiger partial charge in [0.05, 0.1) is 18.8 Å². The number of fused-ring (bicyclic) bond motifs is 1. The third kappa shape index (κ3) is 4.95. The summed E-state index contributed by atoms with van der Waals surface area (Å²) in [7, 11) is 0. The number of aliphatic hydroxyl groups is 3. The van der Waals surface area contributed by atoms with E-state index in [-0.39, 0.29) is 13.2 Å². The molecule has 3 rings (SSSR count). The zero-order chi connectivity index (χ0) is 21.2. The molecule has 4 atom stereocenters. The lowest BCUT2D eigenvalue weighted by Gasteiger charge is -2.43. The molecular formula is C26H40O3. The lowest BCUT2D eigenvalue weighted by molar-refractivity contribution is 0.0620. The summed E-state index contributed by atoms with van der Waals surface area (Å²) in [6.07, 6.45) is 10.4. The van der Waals surface area contributed by atoms with Gasteiger partial charge in [0.25, 0.3) is 0 Å². The lowest BCUT2D eigenvalue weighted by Crippen LogP contribution is -2.35. The fraction of sp³-hybridized carbons (Fsp3) is 0.692. The molecule has 162 valence electrons. The van der Waals surface area contributed by atoms with E-state index in [2.05, 4.69) is 32.1 Å². The van der Waals surface area contributed by atoms with Crippen molar-refractivity contribution in [3.8, 4) is 0 Å². The summed E-state index contributed by atoms with van der Waals surface area (Å²) in [6.45, 7) is 8.75. The van der Waals surface area contributed by atoms with Crippen LogP contribution in [-0.2, 0) is 13.2 Å². The lowest BCUT2D eigenvalue weighted by atomic mass is 9.61. The molecule has 0 spiro atoms. The molecule has 0 heterocycles. The largest absolute Gasteiger partial charge is 0.392 e. The minimum absolute atomic E-state index is 0.0108. The van der Waals surface area contributed by atoms with Gasteiger partial charge in [-0.3, -0.25) is 0 Å². The average molecular weight is 401 g/mol. The summed E-state index contributed by atoms with van der Waals surface area (Å²) >= 11 is 0. The minimum atomic E-state index is -0.565. The fourth-order valence-corrected chi connectivity index (χ4v) is 6.24. The first-order chi connectivity index (χ1) is 13.7. The van der Waals surface area contributed by atoms with Gasteiger partial charge in [0.1, 0.15) is 0 Å². The Bertz CT molecular complexity index is 708. The van der Waals surface area contributed by atoms with E-state index in [1.807, 2.05) is 19.9 Å². The Labute approximate surface area is 176 Å².